The molecule has 0 atom stereocenters. The minimum atomic E-state index is 1.22. The fraction of sp³-hybridized carbons (Fsp3) is 0.0526. The second-order valence-corrected chi connectivity index (χ2v) is 11.8. The summed E-state index contributed by atoms with van der Waals surface area (Å²) in [5.41, 5.74) is 12.6. The normalized spacial score (nSPS) is 12.1. The van der Waals surface area contributed by atoms with Gasteiger partial charge >= 0.3 is 0 Å². The monoisotopic (exact) mass is 550 g/mol. The van der Waals surface area contributed by atoms with E-state index in [-0.39, 0.29) is 0 Å². The van der Waals surface area contributed by atoms with Crippen LogP contribution in [0.5, 0.6) is 0 Å². The predicted molar refractivity (Wildman–Crippen MR) is 177 cm³/mol. The molecule has 0 bridgehead atoms. The van der Waals surface area contributed by atoms with Crippen LogP contribution in [0, 0.1) is 13.8 Å². The Kier molecular flexibility index (Phi) is 7.72. The zero-order chi connectivity index (χ0) is 27.3. The molecule has 0 nitrogen and oxygen atoms in total. The first-order chi connectivity index (χ1) is 19.7. The molecule has 0 amide bonds. The molecule has 0 spiro atoms. The molecule has 6 aromatic rings. The number of thiophene rings is 2. The molecule has 0 unspecified atom stereocenters. The van der Waals surface area contributed by atoms with Crippen molar-refractivity contribution in [2.24, 2.45) is 0 Å². The van der Waals surface area contributed by atoms with Gasteiger partial charge in [-0.1, -0.05) is 109 Å². The summed E-state index contributed by atoms with van der Waals surface area (Å²) in [4.78, 5) is 2.56. The second kappa shape index (κ2) is 11.9. The highest BCUT2D eigenvalue weighted by molar-refractivity contribution is 7.11. The first kappa shape index (κ1) is 26.0. The SMILES string of the molecule is Cc1cc(C=C(c2ccccc2)c2cccs2)ccc1-c1ccc(C=C(c2ccccc2)c2cccs2)cc1C. The topological polar surface area (TPSA) is 0 Å². The Morgan fingerprint density at radius 2 is 0.900 bits per heavy atom. The van der Waals surface area contributed by atoms with Gasteiger partial charge in [0, 0.05) is 9.75 Å². The molecule has 2 heterocycles. The number of rotatable bonds is 7. The van der Waals surface area contributed by atoms with E-state index in [1.807, 2.05) is 0 Å². The third kappa shape index (κ3) is 5.70. The van der Waals surface area contributed by atoms with E-state index in [0.29, 0.717) is 0 Å². The Balaban J connectivity index is 1.34. The third-order valence-corrected chi connectivity index (χ3v) is 8.96. The minimum absolute atomic E-state index is 1.22. The van der Waals surface area contributed by atoms with Crippen LogP contribution in [0.4, 0.5) is 0 Å². The highest BCUT2D eigenvalue weighted by atomic mass is 32.1. The van der Waals surface area contributed by atoms with E-state index in [4.69, 9.17) is 0 Å². The smallest absolute Gasteiger partial charge is 0.0348 e. The fourth-order valence-electron chi connectivity index (χ4n) is 5.18. The molecule has 4 aromatic carbocycles. The molecule has 0 saturated heterocycles. The summed E-state index contributed by atoms with van der Waals surface area (Å²) in [6.45, 7) is 4.44. The summed E-state index contributed by atoms with van der Waals surface area (Å²) in [7, 11) is 0. The van der Waals surface area contributed by atoms with Crippen LogP contribution in [0.3, 0.4) is 0 Å². The van der Waals surface area contributed by atoms with Crippen molar-refractivity contribution in [1.82, 2.24) is 0 Å². The summed E-state index contributed by atoms with van der Waals surface area (Å²) < 4.78 is 0. The average molecular weight is 551 g/mol. The summed E-state index contributed by atoms with van der Waals surface area (Å²) in [6.07, 6.45) is 4.63. The first-order valence-corrected chi connectivity index (χ1v) is 15.3. The van der Waals surface area contributed by atoms with Crippen LogP contribution in [0.2, 0.25) is 0 Å². The fourth-order valence-corrected chi connectivity index (χ4v) is 6.71. The van der Waals surface area contributed by atoms with Gasteiger partial charge in [0.15, 0.2) is 0 Å². The first-order valence-electron chi connectivity index (χ1n) is 13.5. The zero-order valence-electron chi connectivity index (χ0n) is 22.7. The van der Waals surface area contributed by atoms with Crippen LogP contribution in [0.25, 0.3) is 34.4 Å². The number of hydrogen-bond donors (Lipinski definition) is 0. The lowest BCUT2D eigenvalue weighted by Crippen LogP contribution is -1.91. The van der Waals surface area contributed by atoms with Gasteiger partial charge in [0.2, 0.25) is 0 Å². The summed E-state index contributed by atoms with van der Waals surface area (Å²) >= 11 is 3.56. The quantitative estimate of drug-likeness (QED) is 0.173. The Morgan fingerprint density at radius 1 is 0.475 bits per heavy atom. The maximum atomic E-state index is 2.31. The summed E-state index contributed by atoms with van der Waals surface area (Å²) in [6, 6.07) is 43.6. The van der Waals surface area contributed by atoms with E-state index < -0.39 is 0 Å². The van der Waals surface area contributed by atoms with E-state index in [2.05, 4.69) is 158 Å². The Hall–Kier alpha value is -4.24. The lowest BCUT2D eigenvalue weighted by molar-refractivity contribution is 1.39. The summed E-state index contributed by atoms with van der Waals surface area (Å²) in [5, 5.41) is 4.29. The maximum absolute atomic E-state index is 2.31. The number of benzene rings is 4. The molecule has 6 rings (SSSR count). The predicted octanol–water partition coefficient (Wildman–Crippen LogP) is 11.3. The highest BCUT2D eigenvalue weighted by Crippen LogP contribution is 2.34. The lowest BCUT2D eigenvalue weighted by atomic mass is 9.92. The van der Waals surface area contributed by atoms with Crippen LogP contribution in [-0.4, -0.2) is 0 Å². The van der Waals surface area contributed by atoms with Crippen molar-refractivity contribution < 1.29 is 0 Å². The van der Waals surface area contributed by atoms with Gasteiger partial charge in [0.05, 0.1) is 0 Å². The van der Waals surface area contributed by atoms with Gasteiger partial charge in [-0.3, -0.25) is 0 Å². The average Bonchev–Trinajstić information content (AvgIpc) is 3.72. The molecular formula is C38H30S2. The zero-order valence-corrected chi connectivity index (χ0v) is 24.3. The van der Waals surface area contributed by atoms with E-state index in [1.165, 1.54) is 65.4 Å². The van der Waals surface area contributed by atoms with Gasteiger partial charge in [-0.2, -0.15) is 0 Å². The molecule has 0 aliphatic rings. The van der Waals surface area contributed by atoms with Crippen molar-refractivity contribution >= 4 is 46.0 Å². The molecule has 0 fully saturated rings. The number of hydrogen-bond acceptors (Lipinski definition) is 2. The maximum Gasteiger partial charge on any atom is 0.0348 e. The molecule has 194 valence electrons. The Labute approximate surface area is 245 Å². The van der Waals surface area contributed by atoms with Crippen molar-refractivity contribution in [2.75, 3.05) is 0 Å². The molecule has 2 heteroatoms. The standard InChI is InChI=1S/C38H30S2/c1-27-23-29(25-35(37-15-9-21-39-37)31-11-5-3-6-12-31)17-19-33(27)34-20-18-30(24-28(34)2)26-36(38-16-10-22-40-38)32-13-7-4-8-14-32/h3-26H,1-2H3. The van der Waals surface area contributed by atoms with E-state index in [0.717, 1.165) is 0 Å². The molecule has 2 aromatic heterocycles. The van der Waals surface area contributed by atoms with Gasteiger partial charge in [0.25, 0.3) is 0 Å². The molecule has 0 saturated carbocycles. The van der Waals surface area contributed by atoms with Crippen LogP contribution in [0.1, 0.15) is 43.1 Å². The van der Waals surface area contributed by atoms with Gasteiger partial charge in [-0.15, -0.1) is 22.7 Å². The van der Waals surface area contributed by atoms with Crippen LogP contribution < -0.4 is 0 Å². The molecule has 0 aliphatic carbocycles. The van der Waals surface area contributed by atoms with Crippen LogP contribution in [-0.2, 0) is 0 Å². The second-order valence-electron chi connectivity index (χ2n) is 9.95. The summed E-state index contributed by atoms with van der Waals surface area (Å²) in [5.74, 6) is 0. The molecule has 0 aliphatic heterocycles. The van der Waals surface area contributed by atoms with Gasteiger partial charge in [-0.25, -0.2) is 0 Å². The Bertz CT molecular complexity index is 1630. The van der Waals surface area contributed by atoms with Crippen LogP contribution >= 0.6 is 22.7 Å². The van der Waals surface area contributed by atoms with E-state index >= 15 is 0 Å². The van der Waals surface area contributed by atoms with Gasteiger partial charge in [-0.05, 0) is 105 Å². The largest absolute Gasteiger partial charge is 0.144 e. The highest BCUT2D eigenvalue weighted by Gasteiger charge is 2.11. The molecule has 40 heavy (non-hydrogen) atoms. The Morgan fingerprint density at radius 3 is 1.25 bits per heavy atom. The number of aryl methyl sites for hydroxylation is 2. The lowest BCUT2D eigenvalue weighted by Gasteiger charge is -2.13. The van der Waals surface area contributed by atoms with Crippen molar-refractivity contribution in [3.63, 3.8) is 0 Å². The third-order valence-electron chi connectivity index (χ3n) is 7.16. The van der Waals surface area contributed by atoms with Gasteiger partial charge in [0.1, 0.15) is 0 Å². The van der Waals surface area contributed by atoms with Crippen molar-refractivity contribution in [2.45, 2.75) is 13.8 Å². The van der Waals surface area contributed by atoms with E-state index in [9.17, 15) is 0 Å². The van der Waals surface area contributed by atoms with Crippen molar-refractivity contribution in [1.29, 1.82) is 0 Å². The minimum Gasteiger partial charge on any atom is -0.144 e. The molecular weight excluding hydrogens is 521 g/mol. The van der Waals surface area contributed by atoms with E-state index in [1.54, 1.807) is 22.7 Å². The van der Waals surface area contributed by atoms with Crippen molar-refractivity contribution in [3.8, 4) is 11.1 Å². The van der Waals surface area contributed by atoms with Gasteiger partial charge < -0.3 is 0 Å². The van der Waals surface area contributed by atoms with Crippen LogP contribution in [0.15, 0.2) is 132 Å². The molecule has 0 radical (unpaired) electrons. The molecule has 0 N–H and O–H groups in total. The van der Waals surface area contributed by atoms with Crippen molar-refractivity contribution in [3.05, 3.63) is 175 Å².